The van der Waals surface area contributed by atoms with Gasteiger partial charge in [-0.25, -0.2) is 15.0 Å². The number of fused-ring (bicyclic) bond motifs is 9. The van der Waals surface area contributed by atoms with E-state index in [2.05, 4.69) is 60.7 Å². The molecule has 11 aromatic rings. The van der Waals surface area contributed by atoms with Gasteiger partial charge in [0, 0.05) is 49.0 Å². The molecule has 0 amide bonds. The molecule has 0 aliphatic heterocycles. The Morgan fingerprint density at radius 2 is 0.843 bits per heavy atom. The highest BCUT2D eigenvalue weighted by Gasteiger charge is 2.19. The molecule has 0 aliphatic carbocycles. The topological polar surface area (TPSA) is 78.1 Å². The average Bonchev–Trinajstić information content (AvgIpc) is 3.88. The van der Waals surface area contributed by atoms with Gasteiger partial charge in [-0.1, -0.05) is 109 Å². The lowest BCUT2D eigenvalue weighted by molar-refractivity contribution is 0.668. The summed E-state index contributed by atoms with van der Waals surface area (Å²) in [5, 5.41) is 6.33. The Morgan fingerprint density at radius 1 is 0.294 bits per heavy atom. The maximum atomic E-state index is 6.45. The number of hydrogen-bond donors (Lipinski definition) is 0. The fourth-order valence-electron chi connectivity index (χ4n) is 7.32. The second-order valence-corrected chi connectivity index (χ2v) is 12.8. The summed E-state index contributed by atoms with van der Waals surface area (Å²) < 4.78 is 19.2. The fourth-order valence-corrected chi connectivity index (χ4v) is 7.32. The molecule has 0 aliphatic rings. The standard InChI is InChI=1S/C45H25N3O3/c1-2-10-26(11-3-1)43-46-44(48-45(47-43)35-17-9-16-34-31-13-5-7-19-38(31)51-42(34)35)28-20-22-32-36-24-27(21-23-39(36)49-40(32)25-28)29-14-8-15-33-30-12-4-6-18-37(30)50-41(29)33/h1-25H. The number of furan rings is 3. The van der Waals surface area contributed by atoms with Gasteiger partial charge in [-0.15, -0.1) is 0 Å². The molecule has 6 heteroatoms. The van der Waals surface area contributed by atoms with Gasteiger partial charge in [0.1, 0.15) is 33.5 Å². The summed E-state index contributed by atoms with van der Waals surface area (Å²) in [4.78, 5) is 15.0. The molecule has 6 nitrogen and oxygen atoms in total. The van der Waals surface area contributed by atoms with Crippen molar-refractivity contribution in [1.29, 1.82) is 0 Å². The van der Waals surface area contributed by atoms with Crippen molar-refractivity contribution in [1.82, 2.24) is 15.0 Å². The summed E-state index contributed by atoms with van der Waals surface area (Å²) in [7, 11) is 0. The number of aromatic nitrogens is 3. The van der Waals surface area contributed by atoms with E-state index in [-0.39, 0.29) is 0 Å². The van der Waals surface area contributed by atoms with Crippen molar-refractivity contribution in [3.8, 4) is 45.3 Å². The zero-order valence-electron chi connectivity index (χ0n) is 27.0. The molecule has 0 bridgehead atoms. The van der Waals surface area contributed by atoms with Crippen LogP contribution >= 0.6 is 0 Å². The third kappa shape index (κ3) is 4.33. The third-order valence-corrected chi connectivity index (χ3v) is 9.76. The average molecular weight is 656 g/mol. The Labute approximate surface area is 290 Å². The van der Waals surface area contributed by atoms with Crippen molar-refractivity contribution in [3.05, 3.63) is 152 Å². The van der Waals surface area contributed by atoms with Gasteiger partial charge in [0.05, 0.1) is 5.56 Å². The number of para-hydroxylation sites is 4. The van der Waals surface area contributed by atoms with Crippen LogP contribution in [0, 0.1) is 0 Å². The van der Waals surface area contributed by atoms with Gasteiger partial charge < -0.3 is 13.3 Å². The molecule has 0 saturated heterocycles. The van der Waals surface area contributed by atoms with Crippen LogP contribution in [0.4, 0.5) is 0 Å². The van der Waals surface area contributed by atoms with Gasteiger partial charge in [-0.3, -0.25) is 0 Å². The van der Waals surface area contributed by atoms with Gasteiger partial charge in [0.25, 0.3) is 0 Å². The highest BCUT2D eigenvalue weighted by atomic mass is 16.3. The van der Waals surface area contributed by atoms with Gasteiger partial charge in [0.15, 0.2) is 17.5 Å². The minimum absolute atomic E-state index is 0.539. The normalized spacial score (nSPS) is 11.9. The molecule has 0 atom stereocenters. The van der Waals surface area contributed by atoms with Crippen LogP contribution in [-0.4, -0.2) is 15.0 Å². The number of rotatable bonds is 4. The van der Waals surface area contributed by atoms with E-state index in [0.717, 1.165) is 93.6 Å². The highest BCUT2D eigenvalue weighted by molar-refractivity contribution is 6.12. The Morgan fingerprint density at radius 3 is 1.59 bits per heavy atom. The van der Waals surface area contributed by atoms with E-state index < -0.39 is 0 Å². The molecule has 0 N–H and O–H groups in total. The molecule has 238 valence electrons. The van der Waals surface area contributed by atoms with Crippen molar-refractivity contribution in [2.75, 3.05) is 0 Å². The van der Waals surface area contributed by atoms with Crippen LogP contribution in [0.1, 0.15) is 0 Å². The fraction of sp³-hybridized carbons (Fsp3) is 0. The van der Waals surface area contributed by atoms with E-state index in [1.54, 1.807) is 0 Å². The van der Waals surface area contributed by atoms with Crippen LogP contribution in [0.15, 0.2) is 165 Å². The maximum absolute atomic E-state index is 6.45. The molecule has 11 rings (SSSR count). The van der Waals surface area contributed by atoms with Crippen molar-refractivity contribution < 1.29 is 13.3 Å². The zero-order valence-corrected chi connectivity index (χ0v) is 27.0. The smallest absolute Gasteiger partial charge is 0.167 e. The lowest BCUT2D eigenvalue weighted by Crippen LogP contribution is -2.00. The Hall–Kier alpha value is -7.05. The van der Waals surface area contributed by atoms with Gasteiger partial charge in [-0.05, 0) is 48.0 Å². The summed E-state index contributed by atoms with van der Waals surface area (Å²) >= 11 is 0. The summed E-state index contributed by atoms with van der Waals surface area (Å²) in [6.45, 7) is 0. The Balaban J connectivity index is 1.06. The second-order valence-electron chi connectivity index (χ2n) is 12.8. The summed E-state index contributed by atoms with van der Waals surface area (Å²) in [6.07, 6.45) is 0. The van der Waals surface area contributed by atoms with E-state index in [1.165, 1.54) is 0 Å². The Kier molecular flexibility index (Phi) is 5.86. The molecule has 0 radical (unpaired) electrons. The third-order valence-electron chi connectivity index (χ3n) is 9.76. The molecule has 4 aromatic heterocycles. The second kappa shape index (κ2) is 10.7. The van der Waals surface area contributed by atoms with Crippen LogP contribution in [0.2, 0.25) is 0 Å². The summed E-state index contributed by atoms with van der Waals surface area (Å²) in [6, 6.07) is 51.1. The molecular formula is C45H25N3O3. The first kappa shape index (κ1) is 27.9. The summed E-state index contributed by atoms with van der Waals surface area (Å²) in [5.41, 5.74) is 9.53. The zero-order chi connectivity index (χ0) is 33.5. The highest BCUT2D eigenvalue weighted by Crippen LogP contribution is 2.40. The molecule has 0 fully saturated rings. The van der Waals surface area contributed by atoms with Gasteiger partial charge in [0.2, 0.25) is 0 Å². The molecule has 51 heavy (non-hydrogen) atoms. The van der Waals surface area contributed by atoms with Gasteiger partial charge >= 0.3 is 0 Å². The molecule has 0 spiro atoms. The van der Waals surface area contributed by atoms with Crippen LogP contribution in [-0.2, 0) is 0 Å². The molecule has 7 aromatic carbocycles. The first-order chi connectivity index (χ1) is 25.2. The van der Waals surface area contributed by atoms with E-state index in [1.807, 2.05) is 91.0 Å². The van der Waals surface area contributed by atoms with Crippen LogP contribution < -0.4 is 0 Å². The lowest BCUT2D eigenvalue weighted by Gasteiger charge is -2.09. The molecular weight excluding hydrogens is 631 g/mol. The van der Waals surface area contributed by atoms with Crippen LogP contribution in [0.5, 0.6) is 0 Å². The monoisotopic (exact) mass is 655 g/mol. The Bertz CT molecular complexity index is 3150. The van der Waals surface area contributed by atoms with Crippen LogP contribution in [0.25, 0.3) is 111 Å². The lowest BCUT2D eigenvalue weighted by atomic mass is 10.00. The predicted molar refractivity (Wildman–Crippen MR) is 203 cm³/mol. The molecule has 0 unspecified atom stereocenters. The first-order valence-corrected chi connectivity index (χ1v) is 16.8. The number of benzene rings is 7. The minimum Gasteiger partial charge on any atom is -0.456 e. The van der Waals surface area contributed by atoms with Crippen LogP contribution in [0.3, 0.4) is 0 Å². The van der Waals surface area contributed by atoms with Crippen molar-refractivity contribution in [2.45, 2.75) is 0 Å². The van der Waals surface area contributed by atoms with Crippen molar-refractivity contribution in [2.24, 2.45) is 0 Å². The van der Waals surface area contributed by atoms with Crippen molar-refractivity contribution >= 4 is 65.8 Å². The predicted octanol–water partition coefficient (Wildman–Crippen LogP) is 12.2. The van der Waals surface area contributed by atoms with Crippen molar-refractivity contribution in [3.63, 3.8) is 0 Å². The van der Waals surface area contributed by atoms with E-state index in [4.69, 9.17) is 28.2 Å². The largest absolute Gasteiger partial charge is 0.456 e. The maximum Gasteiger partial charge on any atom is 0.167 e. The molecule has 4 heterocycles. The first-order valence-electron chi connectivity index (χ1n) is 16.8. The quantitative estimate of drug-likeness (QED) is 0.188. The summed E-state index contributed by atoms with van der Waals surface area (Å²) in [5.74, 6) is 1.67. The minimum atomic E-state index is 0.539. The SMILES string of the molecule is c1ccc(-c2nc(-c3ccc4c(c3)oc3ccc(-c5cccc6c5oc5ccccc56)cc34)nc(-c3cccc4c3oc3ccccc34)n2)cc1. The number of hydrogen-bond acceptors (Lipinski definition) is 6. The van der Waals surface area contributed by atoms with E-state index >= 15 is 0 Å². The number of nitrogens with zero attached hydrogens (tertiary/aromatic N) is 3. The molecule has 0 saturated carbocycles. The van der Waals surface area contributed by atoms with E-state index in [0.29, 0.717) is 17.5 Å². The van der Waals surface area contributed by atoms with E-state index in [9.17, 15) is 0 Å². The van der Waals surface area contributed by atoms with Gasteiger partial charge in [-0.2, -0.15) is 0 Å².